The number of rotatable bonds is 0. The molecule has 2 rings (SSSR count). The molecule has 0 saturated carbocycles. The van der Waals surface area contributed by atoms with Crippen LogP contribution in [0.1, 0.15) is 47.0 Å². The second-order valence-corrected chi connectivity index (χ2v) is 6.03. The first-order chi connectivity index (χ1) is 6.47. The Bertz CT molecular complexity index is 209. The van der Waals surface area contributed by atoms with Crippen LogP contribution in [0.2, 0.25) is 0 Å². The maximum Gasteiger partial charge on any atom is -0.0165 e. The van der Waals surface area contributed by atoms with Gasteiger partial charge in [0.05, 0.1) is 0 Å². The molecule has 2 unspecified atom stereocenters. The van der Waals surface area contributed by atoms with Gasteiger partial charge in [0.1, 0.15) is 0 Å². The monoisotopic (exact) mass is 192 g/mol. The quantitative estimate of drug-likeness (QED) is 0.493. The third kappa shape index (κ3) is 4.64. The minimum atomic E-state index is 0.500. The van der Waals surface area contributed by atoms with Gasteiger partial charge in [-0.15, -0.1) is 0 Å². The SMILES string of the molecule is C1=CCC2CC=CC2C1.CC(C)(C)C. The molecule has 0 heteroatoms. The first kappa shape index (κ1) is 11.6. The van der Waals surface area contributed by atoms with Crippen molar-refractivity contribution in [2.75, 3.05) is 0 Å². The summed E-state index contributed by atoms with van der Waals surface area (Å²) in [4.78, 5) is 0. The molecule has 0 fully saturated rings. The molecule has 2 aliphatic carbocycles. The molecule has 0 nitrogen and oxygen atoms in total. The molecule has 0 amide bonds. The molecule has 2 aliphatic rings. The van der Waals surface area contributed by atoms with Crippen molar-refractivity contribution in [1.82, 2.24) is 0 Å². The third-order valence-electron chi connectivity index (χ3n) is 2.44. The predicted octanol–water partition coefficient (Wildman–Crippen LogP) is 4.58. The lowest BCUT2D eigenvalue weighted by atomic mass is 9.86. The zero-order valence-corrected chi connectivity index (χ0v) is 10.1. The molecule has 0 N–H and O–H groups in total. The lowest BCUT2D eigenvalue weighted by Gasteiger charge is -2.19. The van der Waals surface area contributed by atoms with E-state index < -0.39 is 0 Å². The normalized spacial score (nSPS) is 29.4. The average Bonchev–Trinajstić information content (AvgIpc) is 2.47. The molecular weight excluding hydrogens is 168 g/mol. The molecule has 0 aromatic rings. The van der Waals surface area contributed by atoms with E-state index >= 15 is 0 Å². The minimum absolute atomic E-state index is 0.500. The van der Waals surface area contributed by atoms with E-state index in [4.69, 9.17) is 0 Å². The summed E-state index contributed by atoms with van der Waals surface area (Å²) in [6.07, 6.45) is 13.3. The van der Waals surface area contributed by atoms with Gasteiger partial charge in [0.2, 0.25) is 0 Å². The van der Waals surface area contributed by atoms with Gasteiger partial charge in [-0.2, -0.15) is 0 Å². The van der Waals surface area contributed by atoms with Gasteiger partial charge < -0.3 is 0 Å². The van der Waals surface area contributed by atoms with Crippen LogP contribution in [-0.4, -0.2) is 0 Å². The number of allylic oxidation sites excluding steroid dienone is 4. The van der Waals surface area contributed by atoms with Gasteiger partial charge in [-0.3, -0.25) is 0 Å². The van der Waals surface area contributed by atoms with E-state index in [1.165, 1.54) is 19.3 Å². The molecule has 0 aliphatic heterocycles. The Balaban J connectivity index is 0.000000171. The van der Waals surface area contributed by atoms with Gasteiger partial charge in [0, 0.05) is 0 Å². The summed E-state index contributed by atoms with van der Waals surface area (Å²) in [7, 11) is 0. The Morgan fingerprint density at radius 2 is 1.36 bits per heavy atom. The van der Waals surface area contributed by atoms with Gasteiger partial charge >= 0.3 is 0 Å². The summed E-state index contributed by atoms with van der Waals surface area (Å²) in [5, 5.41) is 0. The Morgan fingerprint density at radius 1 is 0.857 bits per heavy atom. The highest BCUT2D eigenvalue weighted by atomic mass is 14.3. The van der Waals surface area contributed by atoms with E-state index in [0.717, 1.165) is 11.8 Å². The Labute approximate surface area is 89.1 Å². The highest BCUT2D eigenvalue weighted by molar-refractivity contribution is 5.08. The van der Waals surface area contributed by atoms with E-state index in [0.29, 0.717) is 5.41 Å². The molecule has 0 heterocycles. The summed E-state index contributed by atoms with van der Waals surface area (Å²) < 4.78 is 0. The second-order valence-electron chi connectivity index (χ2n) is 6.03. The van der Waals surface area contributed by atoms with Crippen molar-refractivity contribution < 1.29 is 0 Å². The maximum atomic E-state index is 2.38. The lowest BCUT2D eigenvalue weighted by Crippen LogP contribution is -2.09. The summed E-state index contributed by atoms with van der Waals surface area (Å²) in [5.41, 5.74) is 0.500. The van der Waals surface area contributed by atoms with E-state index in [9.17, 15) is 0 Å². The summed E-state index contributed by atoms with van der Waals surface area (Å²) in [6.45, 7) is 8.75. The van der Waals surface area contributed by atoms with Crippen LogP contribution in [0.3, 0.4) is 0 Å². The van der Waals surface area contributed by atoms with Crippen LogP contribution in [0, 0.1) is 17.3 Å². The molecule has 80 valence electrons. The number of hydrogen-bond donors (Lipinski definition) is 0. The molecule has 0 radical (unpaired) electrons. The van der Waals surface area contributed by atoms with Crippen LogP contribution in [0.4, 0.5) is 0 Å². The van der Waals surface area contributed by atoms with Crippen molar-refractivity contribution in [2.24, 2.45) is 17.3 Å². The fourth-order valence-corrected chi connectivity index (χ4v) is 1.83. The standard InChI is InChI=1S/C9H12.C5H12/c1-2-5-9-7-3-6-8(9)4-1;1-5(2,3)4/h1-3,6,8-9H,4-5,7H2;1-4H3. The topological polar surface area (TPSA) is 0 Å². The van der Waals surface area contributed by atoms with Crippen molar-refractivity contribution in [3.8, 4) is 0 Å². The van der Waals surface area contributed by atoms with Gasteiger partial charge in [-0.25, -0.2) is 0 Å². The second kappa shape index (κ2) is 4.82. The molecule has 0 aromatic heterocycles. The molecule has 0 spiro atoms. The smallest absolute Gasteiger partial charge is 0.0165 e. The molecule has 0 saturated heterocycles. The Morgan fingerprint density at radius 3 is 1.93 bits per heavy atom. The highest BCUT2D eigenvalue weighted by Gasteiger charge is 2.22. The molecular formula is C14H24. The van der Waals surface area contributed by atoms with Gasteiger partial charge in [0.15, 0.2) is 0 Å². The van der Waals surface area contributed by atoms with Crippen molar-refractivity contribution in [1.29, 1.82) is 0 Å². The Hall–Kier alpha value is -0.520. The van der Waals surface area contributed by atoms with Crippen molar-refractivity contribution >= 4 is 0 Å². The zero-order valence-electron chi connectivity index (χ0n) is 10.1. The van der Waals surface area contributed by atoms with E-state index in [1.54, 1.807) is 0 Å². The van der Waals surface area contributed by atoms with Crippen molar-refractivity contribution in [2.45, 2.75) is 47.0 Å². The van der Waals surface area contributed by atoms with Gasteiger partial charge in [-0.1, -0.05) is 52.0 Å². The van der Waals surface area contributed by atoms with Gasteiger partial charge in [-0.05, 0) is 36.5 Å². The third-order valence-corrected chi connectivity index (χ3v) is 2.44. The number of hydrogen-bond acceptors (Lipinski definition) is 0. The first-order valence-electron chi connectivity index (χ1n) is 5.78. The summed E-state index contributed by atoms with van der Waals surface area (Å²) in [6, 6.07) is 0. The van der Waals surface area contributed by atoms with Crippen LogP contribution in [0.25, 0.3) is 0 Å². The van der Waals surface area contributed by atoms with Crippen LogP contribution in [0.5, 0.6) is 0 Å². The first-order valence-corrected chi connectivity index (χ1v) is 5.78. The molecule has 14 heavy (non-hydrogen) atoms. The average molecular weight is 192 g/mol. The van der Waals surface area contributed by atoms with Crippen molar-refractivity contribution in [3.63, 3.8) is 0 Å². The highest BCUT2D eigenvalue weighted by Crippen LogP contribution is 2.33. The zero-order chi connectivity index (χ0) is 10.6. The predicted molar refractivity (Wildman–Crippen MR) is 64.2 cm³/mol. The molecule has 2 atom stereocenters. The minimum Gasteiger partial charge on any atom is -0.0882 e. The van der Waals surface area contributed by atoms with Crippen LogP contribution in [0.15, 0.2) is 24.3 Å². The fraction of sp³-hybridized carbons (Fsp3) is 0.714. The molecule has 0 bridgehead atoms. The molecule has 0 aromatic carbocycles. The maximum absolute atomic E-state index is 2.38. The lowest BCUT2D eigenvalue weighted by molar-refractivity contribution is 0.415. The van der Waals surface area contributed by atoms with E-state index in [1.807, 2.05) is 0 Å². The number of fused-ring (bicyclic) bond motifs is 1. The van der Waals surface area contributed by atoms with Crippen LogP contribution in [-0.2, 0) is 0 Å². The fourth-order valence-electron chi connectivity index (χ4n) is 1.83. The van der Waals surface area contributed by atoms with E-state index in [-0.39, 0.29) is 0 Å². The summed E-state index contributed by atoms with van der Waals surface area (Å²) >= 11 is 0. The van der Waals surface area contributed by atoms with Crippen LogP contribution < -0.4 is 0 Å². The van der Waals surface area contributed by atoms with Crippen molar-refractivity contribution in [3.05, 3.63) is 24.3 Å². The van der Waals surface area contributed by atoms with Crippen LogP contribution >= 0.6 is 0 Å². The van der Waals surface area contributed by atoms with Gasteiger partial charge in [0.25, 0.3) is 0 Å². The largest absolute Gasteiger partial charge is 0.0882 e. The summed E-state index contributed by atoms with van der Waals surface area (Å²) in [5.74, 6) is 1.87. The Kier molecular flexibility index (Phi) is 3.97. The van der Waals surface area contributed by atoms with E-state index in [2.05, 4.69) is 52.0 Å².